The van der Waals surface area contributed by atoms with Crippen LogP contribution in [0.2, 0.25) is 5.02 Å². The van der Waals surface area contributed by atoms with Crippen LogP contribution in [0.5, 0.6) is 11.5 Å². The SMILES string of the molecule is C/C(CC(=O)Nc1ccc2c(c1)OCO2)=N/NC(=O)C(=O)Nc1ccc(C)c(Cl)c1. The van der Waals surface area contributed by atoms with Gasteiger partial charge in [-0.2, -0.15) is 5.10 Å². The molecule has 0 fully saturated rings. The zero-order chi connectivity index (χ0) is 21.7. The van der Waals surface area contributed by atoms with Gasteiger partial charge in [-0.1, -0.05) is 17.7 Å². The molecule has 30 heavy (non-hydrogen) atoms. The van der Waals surface area contributed by atoms with E-state index in [2.05, 4.69) is 21.2 Å². The average molecular weight is 431 g/mol. The minimum atomic E-state index is -0.970. The van der Waals surface area contributed by atoms with Gasteiger partial charge in [0.25, 0.3) is 0 Å². The van der Waals surface area contributed by atoms with Gasteiger partial charge in [0.15, 0.2) is 11.5 Å². The molecule has 0 saturated carbocycles. The third kappa shape index (κ3) is 5.48. The number of anilines is 2. The second-order valence-electron chi connectivity index (χ2n) is 6.50. The van der Waals surface area contributed by atoms with Crippen molar-refractivity contribution >= 4 is 46.4 Å². The van der Waals surface area contributed by atoms with Crippen LogP contribution < -0.4 is 25.5 Å². The molecule has 3 rings (SSSR count). The first-order valence-electron chi connectivity index (χ1n) is 8.92. The van der Waals surface area contributed by atoms with Crippen molar-refractivity contribution in [3.63, 3.8) is 0 Å². The molecule has 1 aliphatic rings. The number of hydrazone groups is 1. The predicted molar refractivity (Wildman–Crippen MR) is 112 cm³/mol. The zero-order valence-electron chi connectivity index (χ0n) is 16.2. The van der Waals surface area contributed by atoms with Crippen molar-refractivity contribution in [2.75, 3.05) is 17.4 Å². The molecule has 0 radical (unpaired) electrons. The summed E-state index contributed by atoms with van der Waals surface area (Å²) < 4.78 is 10.5. The Kier molecular flexibility index (Phi) is 6.53. The van der Waals surface area contributed by atoms with Crippen molar-refractivity contribution in [2.24, 2.45) is 5.10 Å². The first-order chi connectivity index (χ1) is 14.3. The second kappa shape index (κ2) is 9.27. The van der Waals surface area contributed by atoms with Crippen LogP contribution in [0.4, 0.5) is 11.4 Å². The number of rotatable bonds is 5. The van der Waals surface area contributed by atoms with Gasteiger partial charge in [0.1, 0.15) is 0 Å². The van der Waals surface area contributed by atoms with E-state index in [0.29, 0.717) is 33.6 Å². The summed E-state index contributed by atoms with van der Waals surface area (Å²) in [5, 5.41) is 9.37. The van der Waals surface area contributed by atoms with E-state index in [-0.39, 0.29) is 19.1 Å². The number of benzene rings is 2. The lowest BCUT2D eigenvalue weighted by Gasteiger charge is -2.07. The molecule has 3 N–H and O–H groups in total. The van der Waals surface area contributed by atoms with Crippen LogP contribution in [0.25, 0.3) is 0 Å². The minimum absolute atomic E-state index is 0.0795. The first kappa shape index (κ1) is 21.1. The van der Waals surface area contributed by atoms with Crippen molar-refractivity contribution in [1.29, 1.82) is 0 Å². The highest BCUT2D eigenvalue weighted by molar-refractivity contribution is 6.40. The number of hydrogen-bond donors (Lipinski definition) is 3. The van der Waals surface area contributed by atoms with Gasteiger partial charge in [-0.25, -0.2) is 5.43 Å². The highest BCUT2D eigenvalue weighted by Crippen LogP contribution is 2.34. The van der Waals surface area contributed by atoms with Gasteiger partial charge in [-0.05, 0) is 43.7 Å². The molecule has 0 aromatic heterocycles. The van der Waals surface area contributed by atoms with Crippen LogP contribution in [-0.4, -0.2) is 30.2 Å². The number of carbonyl (C=O) groups excluding carboxylic acids is 3. The Bertz CT molecular complexity index is 1040. The molecule has 2 aromatic rings. The highest BCUT2D eigenvalue weighted by Gasteiger charge is 2.16. The monoisotopic (exact) mass is 430 g/mol. The van der Waals surface area contributed by atoms with Crippen molar-refractivity contribution in [2.45, 2.75) is 20.3 Å². The van der Waals surface area contributed by atoms with Gasteiger partial charge in [0.05, 0.1) is 6.42 Å². The van der Waals surface area contributed by atoms with E-state index in [4.69, 9.17) is 21.1 Å². The van der Waals surface area contributed by atoms with Crippen molar-refractivity contribution in [1.82, 2.24) is 5.43 Å². The Morgan fingerprint density at radius 2 is 1.70 bits per heavy atom. The normalized spacial score (nSPS) is 12.3. The largest absolute Gasteiger partial charge is 0.454 e. The number of ether oxygens (including phenoxy) is 2. The third-order valence-corrected chi connectivity index (χ3v) is 4.46. The molecule has 10 heteroatoms. The molecule has 2 aromatic carbocycles. The summed E-state index contributed by atoms with van der Waals surface area (Å²) in [5.41, 5.74) is 4.20. The maximum atomic E-state index is 12.1. The Morgan fingerprint density at radius 1 is 1.00 bits per heavy atom. The molecule has 0 bridgehead atoms. The van der Waals surface area contributed by atoms with Crippen LogP contribution >= 0.6 is 11.6 Å². The number of nitrogens with one attached hydrogen (secondary N) is 3. The average Bonchev–Trinajstić information content (AvgIpc) is 3.16. The van der Waals surface area contributed by atoms with Crippen LogP contribution in [-0.2, 0) is 14.4 Å². The molecule has 1 heterocycles. The van der Waals surface area contributed by atoms with Gasteiger partial charge >= 0.3 is 11.8 Å². The van der Waals surface area contributed by atoms with E-state index in [1.165, 1.54) is 6.07 Å². The van der Waals surface area contributed by atoms with E-state index in [1.807, 2.05) is 6.92 Å². The van der Waals surface area contributed by atoms with Gasteiger partial charge in [0, 0.05) is 28.2 Å². The third-order valence-electron chi connectivity index (χ3n) is 4.06. The molecule has 0 unspecified atom stereocenters. The number of amides is 3. The molecule has 156 valence electrons. The van der Waals surface area contributed by atoms with E-state index in [0.717, 1.165) is 5.56 Å². The Balaban J connectivity index is 1.48. The summed E-state index contributed by atoms with van der Waals surface area (Å²) in [6, 6.07) is 9.91. The molecular weight excluding hydrogens is 412 g/mol. The van der Waals surface area contributed by atoms with Gasteiger partial charge < -0.3 is 20.1 Å². The maximum Gasteiger partial charge on any atom is 0.329 e. The molecule has 1 aliphatic heterocycles. The standard InChI is InChI=1S/C20H19ClN4O5/c1-11-3-4-13(8-15(11)21)23-19(27)20(28)25-24-12(2)7-18(26)22-14-5-6-16-17(9-14)30-10-29-16/h3-6,8-9H,7,10H2,1-2H3,(H,22,26)(H,23,27)(H,25,28)/b24-12-. The number of fused-ring (bicyclic) bond motifs is 1. The Hall–Kier alpha value is -3.59. The lowest BCUT2D eigenvalue weighted by Crippen LogP contribution is -2.33. The fraction of sp³-hybridized carbons (Fsp3) is 0.200. The summed E-state index contributed by atoms with van der Waals surface area (Å²) >= 11 is 5.99. The number of hydrogen-bond acceptors (Lipinski definition) is 6. The molecule has 0 saturated heterocycles. The van der Waals surface area contributed by atoms with E-state index in [1.54, 1.807) is 37.3 Å². The molecule has 0 aliphatic carbocycles. The highest BCUT2D eigenvalue weighted by atomic mass is 35.5. The Morgan fingerprint density at radius 3 is 2.47 bits per heavy atom. The first-order valence-corrected chi connectivity index (χ1v) is 9.30. The topological polar surface area (TPSA) is 118 Å². The van der Waals surface area contributed by atoms with Crippen LogP contribution in [0, 0.1) is 6.92 Å². The van der Waals surface area contributed by atoms with Crippen molar-refractivity contribution in [3.05, 3.63) is 47.0 Å². The molecular formula is C20H19ClN4O5. The van der Waals surface area contributed by atoms with Crippen LogP contribution in [0.3, 0.4) is 0 Å². The summed E-state index contributed by atoms with van der Waals surface area (Å²) in [7, 11) is 0. The fourth-order valence-electron chi connectivity index (χ4n) is 2.51. The lowest BCUT2D eigenvalue weighted by molar-refractivity contribution is -0.136. The van der Waals surface area contributed by atoms with E-state index in [9.17, 15) is 14.4 Å². The van der Waals surface area contributed by atoms with Crippen molar-refractivity contribution in [3.8, 4) is 11.5 Å². The van der Waals surface area contributed by atoms with Gasteiger partial charge in [-0.15, -0.1) is 0 Å². The molecule has 0 spiro atoms. The van der Waals surface area contributed by atoms with Crippen LogP contribution in [0.15, 0.2) is 41.5 Å². The molecule has 3 amide bonds. The number of nitrogens with zero attached hydrogens (tertiary/aromatic N) is 1. The van der Waals surface area contributed by atoms with Crippen LogP contribution in [0.1, 0.15) is 18.9 Å². The van der Waals surface area contributed by atoms with E-state index >= 15 is 0 Å². The number of carbonyl (C=O) groups is 3. The fourth-order valence-corrected chi connectivity index (χ4v) is 2.69. The molecule has 0 atom stereocenters. The summed E-state index contributed by atoms with van der Waals surface area (Å²) in [5.74, 6) is -1.06. The number of aryl methyl sites for hydroxylation is 1. The predicted octanol–water partition coefficient (Wildman–Crippen LogP) is 2.84. The quantitative estimate of drug-likeness (QED) is 0.383. The van der Waals surface area contributed by atoms with E-state index < -0.39 is 11.8 Å². The van der Waals surface area contributed by atoms with Gasteiger partial charge in [-0.3, -0.25) is 14.4 Å². The zero-order valence-corrected chi connectivity index (χ0v) is 17.0. The van der Waals surface area contributed by atoms with Crippen molar-refractivity contribution < 1.29 is 23.9 Å². The lowest BCUT2D eigenvalue weighted by atomic mass is 10.2. The summed E-state index contributed by atoms with van der Waals surface area (Å²) in [6.45, 7) is 3.51. The van der Waals surface area contributed by atoms with Gasteiger partial charge in [0.2, 0.25) is 12.7 Å². The summed E-state index contributed by atoms with van der Waals surface area (Å²) in [6.07, 6.45) is -0.0795. The maximum absolute atomic E-state index is 12.1. The number of halogens is 1. The summed E-state index contributed by atoms with van der Waals surface area (Å²) in [4.78, 5) is 36.0. The smallest absolute Gasteiger partial charge is 0.329 e. The molecule has 9 nitrogen and oxygen atoms in total. The second-order valence-corrected chi connectivity index (χ2v) is 6.91. The minimum Gasteiger partial charge on any atom is -0.454 e. The Labute approximate surface area is 177 Å².